The summed E-state index contributed by atoms with van der Waals surface area (Å²) in [6.45, 7) is 10.8. The predicted molar refractivity (Wildman–Crippen MR) is 139 cm³/mol. The average molecular weight is 417 g/mol. The summed E-state index contributed by atoms with van der Waals surface area (Å²) in [4.78, 5) is 0. The molecule has 0 amide bonds. The zero-order valence-electron chi connectivity index (χ0n) is 19.2. The van der Waals surface area contributed by atoms with Gasteiger partial charge in [0.15, 0.2) is 0 Å². The highest BCUT2D eigenvalue weighted by Gasteiger charge is 2.14. The molecule has 2 aromatic heterocycles. The van der Waals surface area contributed by atoms with Crippen LogP contribution in [0.4, 0.5) is 0 Å². The number of aryl methyl sites for hydroxylation is 4. The van der Waals surface area contributed by atoms with E-state index in [9.17, 15) is 0 Å². The SMILES string of the molecule is CCn1c2ccc(C)cc2c2cc(-c3ccc4c(c3)c3cc(C)ccc3n4CC)ccc21. The van der Waals surface area contributed by atoms with E-state index < -0.39 is 0 Å². The fourth-order valence-electron chi connectivity index (χ4n) is 5.48. The Labute approximate surface area is 188 Å². The highest BCUT2D eigenvalue weighted by atomic mass is 15.0. The Morgan fingerprint density at radius 2 is 0.812 bits per heavy atom. The maximum Gasteiger partial charge on any atom is 0.0491 e. The number of aromatic nitrogens is 2. The lowest BCUT2D eigenvalue weighted by Crippen LogP contribution is -1.93. The van der Waals surface area contributed by atoms with E-state index in [1.54, 1.807) is 0 Å². The molecule has 0 bridgehead atoms. The minimum absolute atomic E-state index is 0.976. The van der Waals surface area contributed by atoms with E-state index in [1.165, 1.54) is 65.9 Å². The van der Waals surface area contributed by atoms with E-state index >= 15 is 0 Å². The van der Waals surface area contributed by atoms with Crippen molar-refractivity contribution in [1.82, 2.24) is 9.13 Å². The smallest absolute Gasteiger partial charge is 0.0491 e. The Bertz CT molecular complexity index is 1530. The number of hydrogen-bond acceptors (Lipinski definition) is 0. The summed E-state index contributed by atoms with van der Waals surface area (Å²) < 4.78 is 4.85. The van der Waals surface area contributed by atoms with Crippen molar-refractivity contribution in [3.63, 3.8) is 0 Å². The number of benzene rings is 4. The summed E-state index contributed by atoms with van der Waals surface area (Å²) in [5.41, 5.74) is 10.4. The van der Waals surface area contributed by atoms with Crippen LogP contribution in [0, 0.1) is 13.8 Å². The minimum atomic E-state index is 0.976. The van der Waals surface area contributed by atoms with Gasteiger partial charge in [-0.05, 0) is 87.4 Å². The molecule has 0 spiro atoms. The first-order valence-electron chi connectivity index (χ1n) is 11.6. The second kappa shape index (κ2) is 7.00. The van der Waals surface area contributed by atoms with Gasteiger partial charge in [0.2, 0.25) is 0 Å². The molecule has 0 aliphatic carbocycles. The fourth-order valence-corrected chi connectivity index (χ4v) is 5.48. The Balaban J connectivity index is 1.62. The van der Waals surface area contributed by atoms with Crippen molar-refractivity contribution in [3.8, 4) is 11.1 Å². The Hall–Kier alpha value is -3.52. The van der Waals surface area contributed by atoms with Crippen LogP contribution in [-0.4, -0.2) is 9.13 Å². The zero-order valence-corrected chi connectivity index (χ0v) is 19.2. The molecule has 158 valence electrons. The zero-order chi connectivity index (χ0) is 22.0. The normalized spacial score (nSPS) is 12.0. The van der Waals surface area contributed by atoms with Gasteiger partial charge in [-0.2, -0.15) is 0 Å². The van der Waals surface area contributed by atoms with Gasteiger partial charge < -0.3 is 9.13 Å². The molecule has 2 heterocycles. The topological polar surface area (TPSA) is 9.86 Å². The maximum absolute atomic E-state index is 2.43. The third-order valence-electron chi connectivity index (χ3n) is 7.01. The van der Waals surface area contributed by atoms with Crippen molar-refractivity contribution >= 4 is 43.6 Å². The molecule has 0 aliphatic rings. The number of nitrogens with zero attached hydrogens (tertiary/aromatic N) is 2. The molecule has 0 unspecified atom stereocenters. The van der Waals surface area contributed by atoms with Crippen molar-refractivity contribution in [1.29, 1.82) is 0 Å². The van der Waals surface area contributed by atoms with Gasteiger partial charge >= 0.3 is 0 Å². The van der Waals surface area contributed by atoms with Crippen molar-refractivity contribution in [2.45, 2.75) is 40.8 Å². The van der Waals surface area contributed by atoms with Gasteiger partial charge in [0, 0.05) is 56.7 Å². The van der Waals surface area contributed by atoms with E-state index in [1.807, 2.05) is 0 Å². The lowest BCUT2D eigenvalue weighted by atomic mass is 10.00. The largest absolute Gasteiger partial charge is 0.341 e. The summed E-state index contributed by atoms with van der Waals surface area (Å²) in [7, 11) is 0. The van der Waals surface area contributed by atoms with Crippen molar-refractivity contribution in [3.05, 3.63) is 83.9 Å². The maximum atomic E-state index is 2.43. The van der Waals surface area contributed by atoms with Gasteiger partial charge in [0.1, 0.15) is 0 Å². The summed E-state index contributed by atoms with van der Waals surface area (Å²) >= 11 is 0. The van der Waals surface area contributed by atoms with E-state index in [4.69, 9.17) is 0 Å². The monoisotopic (exact) mass is 416 g/mol. The summed E-state index contributed by atoms with van der Waals surface area (Å²) in [5.74, 6) is 0. The first-order valence-corrected chi connectivity index (χ1v) is 11.6. The molecule has 6 aromatic rings. The number of hydrogen-bond donors (Lipinski definition) is 0. The first-order chi connectivity index (χ1) is 15.6. The molecule has 2 nitrogen and oxygen atoms in total. The highest BCUT2D eigenvalue weighted by molar-refractivity contribution is 6.11. The van der Waals surface area contributed by atoms with Crippen LogP contribution < -0.4 is 0 Å². The quantitative estimate of drug-likeness (QED) is 0.275. The van der Waals surface area contributed by atoms with Crippen molar-refractivity contribution in [2.75, 3.05) is 0 Å². The molecule has 0 atom stereocenters. The van der Waals surface area contributed by atoms with Crippen LogP contribution in [0.15, 0.2) is 72.8 Å². The van der Waals surface area contributed by atoms with E-state index in [0.29, 0.717) is 0 Å². The van der Waals surface area contributed by atoms with Crippen LogP contribution in [0.3, 0.4) is 0 Å². The molecule has 4 aromatic carbocycles. The van der Waals surface area contributed by atoms with Gasteiger partial charge in [-0.15, -0.1) is 0 Å². The number of fused-ring (bicyclic) bond motifs is 6. The van der Waals surface area contributed by atoms with Gasteiger partial charge in [-0.3, -0.25) is 0 Å². The van der Waals surface area contributed by atoms with E-state index in [2.05, 4.69) is 110 Å². The summed E-state index contributed by atoms with van der Waals surface area (Å²) in [6, 6.07) is 27.6. The van der Waals surface area contributed by atoms with Crippen LogP contribution in [0.25, 0.3) is 54.7 Å². The van der Waals surface area contributed by atoms with Gasteiger partial charge in [0.25, 0.3) is 0 Å². The first kappa shape index (κ1) is 19.2. The fraction of sp³-hybridized carbons (Fsp3) is 0.200. The molecule has 0 N–H and O–H groups in total. The van der Waals surface area contributed by atoms with Crippen LogP contribution in [0.5, 0.6) is 0 Å². The molecular formula is C30H28N2. The molecule has 0 saturated carbocycles. The molecule has 0 fully saturated rings. The van der Waals surface area contributed by atoms with E-state index in [0.717, 1.165) is 13.1 Å². The lowest BCUT2D eigenvalue weighted by Gasteiger charge is -2.06. The van der Waals surface area contributed by atoms with Crippen molar-refractivity contribution in [2.24, 2.45) is 0 Å². The molecule has 32 heavy (non-hydrogen) atoms. The van der Waals surface area contributed by atoms with Crippen LogP contribution in [0.1, 0.15) is 25.0 Å². The molecular weight excluding hydrogens is 388 g/mol. The lowest BCUT2D eigenvalue weighted by molar-refractivity contribution is 0.827. The molecule has 2 heteroatoms. The Morgan fingerprint density at radius 3 is 1.19 bits per heavy atom. The second-order valence-electron chi connectivity index (χ2n) is 8.99. The van der Waals surface area contributed by atoms with Crippen LogP contribution >= 0.6 is 0 Å². The Kier molecular flexibility index (Phi) is 4.19. The third-order valence-corrected chi connectivity index (χ3v) is 7.01. The van der Waals surface area contributed by atoms with Gasteiger partial charge in [-0.25, -0.2) is 0 Å². The van der Waals surface area contributed by atoms with Gasteiger partial charge in [-0.1, -0.05) is 35.4 Å². The molecule has 6 rings (SSSR count). The Morgan fingerprint density at radius 1 is 0.469 bits per heavy atom. The minimum Gasteiger partial charge on any atom is -0.341 e. The third kappa shape index (κ3) is 2.65. The highest BCUT2D eigenvalue weighted by Crippen LogP contribution is 2.36. The van der Waals surface area contributed by atoms with Crippen molar-refractivity contribution < 1.29 is 0 Å². The second-order valence-corrected chi connectivity index (χ2v) is 8.99. The molecule has 0 radical (unpaired) electrons. The van der Waals surface area contributed by atoms with Crippen LogP contribution in [-0.2, 0) is 13.1 Å². The molecule has 0 saturated heterocycles. The predicted octanol–water partition coefficient (Wildman–Crippen LogP) is 8.23. The van der Waals surface area contributed by atoms with Crippen LogP contribution in [0.2, 0.25) is 0 Å². The summed E-state index contributed by atoms with van der Waals surface area (Å²) in [5, 5.41) is 5.39. The average Bonchev–Trinajstić information content (AvgIpc) is 3.29. The van der Waals surface area contributed by atoms with E-state index in [-0.39, 0.29) is 0 Å². The number of rotatable bonds is 3. The molecule has 0 aliphatic heterocycles. The summed E-state index contributed by atoms with van der Waals surface area (Å²) in [6.07, 6.45) is 0. The standard InChI is InChI=1S/C30H28N2/c1-5-31-27-11-7-19(3)15-23(27)25-17-21(9-13-29(25)31)22-10-14-30-26(18-22)24-16-20(4)8-12-28(24)32(30)6-2/h7-18H,5-6H2,1-4H3. The van der Waals surface area contributed by atoms with Gasteiger partial charge in [0.05, 0.1) is 0 Å².